The summed E-state index contributed by atoms with van der Waals surface area (Å²) in [5.41, 5.74) is 7.79. The SMILES string of the molecule is CCCCCCCN(C(=O)C(CC(N)=O)NC(=O)OC(C)(C)C)C(C(=O)Nc1ccccc1C)c1ccc(C)cc1. The number of nitrogens with one attached hydrogen (secondary N) is 2. The van der Waals surface area contributed by atoms with E-state index in [0.29, 0.717) is 17.7 Å². The van der Waals surface area contributed by atoms with Gasteiger partial charge in [-0.05, 0) is 58.2 Å². The second-order valence-electron chi connectivity index (χ2n) is 11.4. The molecule has 0 bridgehead atoms. The summed E-state index contributed by atoms with van der Waals surface area (Å²) < 4.78 is 5.35. The minimum atomic E-state index is -1.31. The molecule has 4 amide bonds. The Bertz CT molecular complexity index is 1170. The summed E-state index contributed by atoms with van der Waals surface area (Å²) in [6.45, 7) is 11.3. The number of carbonyl (C=O) groups is 4. The maximum absolute atomic E-state index is 14.2. The Hall–Kier alpha value is -3.88. The number of anilines is 1. The molecule has 0 aliphatic carbocycles. The van der Waals surface area contributed by atoms with E-state index in [0.717, 1.165) is 36.8 Å². The van der Waals surface area contributed by atoms with Crippen molar-refractivity contribution < 1.29 is 23.9 Å². The van der Waals surface area contributed by atoms with Crippen LogP contribution in [0.15, 0.2) is 48.5 Å². The number of ether oxygens (including phenoxy) is 1. The molecule has 9 nitrogen and oxygen atoms in total. The van der Waals surface area contributed by atoms with Crippen molar-refractivity contribution in [3.63, 3.8) is 0 Å². The Morgan fingerprint density at radius 1 is 0.927 bits per heavy atom. The Kier molecular flexibility index (Phi) is 12.8. The van der Waals surface area contributed by atoms with Crippen molar-refractivity contribution in [1.82, 2.24) is 10.2 Å². The number of nitrogens with two attached hydrogens (primary N) is 1. The van der Waals surface area contributed by atoms with E-state index in [9.17, 15) is 19.2 Å². The second-order valence-corrected chi connectivity index (χ2v) is 11.4. The number of alkyl carbamates (subject to hydrolysis) is 1. The van der Waals surface area contributed by atoms with Crippen LogP contribution in [0.2, 0.25) is 0 Å². The van der Waals surface area contributed by atoms with Gasteiger partial charge < -0.3 is 26.0 Å². The molecule has 0 fully saturated rings. The van der Waals surface area contributed by atoms with Gasteiger partial charge in [-0.25, -0.2) is 4.79 Å². The first-order chi connectivity index (χ1) is 19.3. The van der Waals surface area contributed by atoms with E-state index in [1.165, 1.54) is 4.90 Å². The summed E-state index contributed by atoms with van der Waals surface area (Å²) in [6, 6.07) is 12.5. The number of amides is 4. The highest BCUT2D eigenvalue weighted by molar-refractivity contribution is 6.00. The van der Waals surface area contributed by atoms with Crippen molar-refractivity contribution in [2.45, 2.75) is 97.8 Å². The zero-order valence-corrected chi connectivity index (χ0v) is 25.3. The first kappa shape index (κ1) is 33.3. The lowest BCUT2D eigenvalue weighted by Gasteiger charge is -2.34. The van der Waals surface area contributed by atoms with Gasteiger partial charge in [0.05, 0.1) is 6.42 Å². The molecule has 2 atom stereocenters. The predicted molar refractivity (Wildman–Crippen MR) is 161 cm³/mol. The summed E-state index contributed by atoms with van der Waals surface area (Å²) in [5, 5.41) is 5.51. The molecule has 0 aromatic heterocycles. The summed E-state index contributed by atoms with van der Waals surface area (Å²) in [4.78, 5) is 54.3. The van der Waals surface area contributed by atoms with E-state index < -0.39 is 47.9 Å². The number of hydrogen-bond donors (Lipinski definition) is 3. The molecule has 41 heavy (non-hydrogen) atoms. The van der Waals surface area contributed by atoms with Crippen LogP contribution in [-0.2, 0) is 19.1 Å². The third-order valence-electron chi connectivity index (χ3n) is 6.54. The number of primary amides is 1. The minimum Gasteiger partial charge on any atom is -0.444 e. The summed E-state index contributed by atoms with van der Waals surface area (Å²) in [5.74, 6) is -1.76. The molecule has 4 N–H and O–H groups in total. The average molecular weight is 567 g/mol. The molecule has 2 aromatic carbocycles. The van der Waals surface area contributed by atoms with Gasteiger partial charge in [0.1, 0.15) is 17.7 Å². The molecular weight excluding hydrogens is 520 g/mol. The minimum absolute atomic E-state index is 0.244. The quantitative estimate of drug-likeness (QED) is 0.258. The first-order valence-corrected chi connectivity index (χ1v) is 14.3. The van der Waals surface area contributed by atoms with Crippen LogP contribution in [0.25, 0.3) is 0 Å². The lowest BCUT2D eigenvalue weighted by molar-refractivity contribution is -0.142. The van der Waals surface area contributed by atoms with Gasteiger partial charge in [0.25, 0.3) is 5.91 Å². The average Bonchev–Trinajstić information content (AvgIpc) is 2.88. The molecule has 2 aromatic rings. The van der Waals surface area contributed by atoms with Crippen molar-refractivity contribution in [2.75, 3.05) is 11.9 Å². The maximum Gasteiger partial charge on any atom is 0.408 e. The highest BCUT2D eigenvalue weighted by Crippen LogP contribution is 2.27. The van der Waals surface area contributed by atoms with Gasteiger partial charge in [-0.3, -0.25) is 14.4 Å². The van der Waals surface area contributed by atoms with Gasteiger partial charge in [-0.2, -0.15) is 0 Å². The number of nitrogens with zero attached hydrogens (tertiary/aromatic N) is 1. The van der Waals surface area contributed by atoms with E-state index in [1.54, 1.807) is 26.8 Å². The number of unbranched alkanes of at least 4 members (excludes halogenated alkanes) is 4. The van der Waals surface area contributed by atoms with Gasteiger partial charge in [-0.15, -0.1) is 0 Å². The molecule has 9 heteroatoms. The third-order valence-corrected chi connectivity index (χ3v) is 6.54. The molecule has 2 unspecified atom stereocenters. The molecule has 0 spiro atoms. The standard InChI is InChI=1S/C32H46N4O5/c1-7-8-9-10-13-20-36(30(39)26(21-27(33)37)35-31(40)41-32(4,5)6)28(24-18-16-22(2)17-19-24)29(38)34-25-15-12-11-14-23(25)3/h11-12,14-19,26,28H,7-10,13,20-21H2,1-6H3,(H2,33,37)(H,34,38)(H,35,40). The van der Waals surface area contributed by atoms with E-state index in [2.05, 4.69) is 17.6 Å². The number of aryl methyl sites for hydroxylation is 2. The Morgan fingerprint density at radius 2 is 1.56 bits per heavy atom. The van der Waals surface area contributed by atoms with Crippen molar-refractivity contribution >= 4 is 29.5 Å². The van der Waals surface area contributed by atoms with Crippen molar-refractivity contribution in [3.05, 3.63) is 65.2 Å². The van der Waals surface area contributed by atoms with Gasteiger partial charge >= 0.3 is 6.09 Å². The number of rotatable bonds is 14. The van der Waals surface area contributed by atoms with Gasteiger partial charge in [0, 0.05) is 12.2 Å². The van der Waals surface area contributed by atoms with Crippen LogP contribution in [0.3, 0.4) is 0 Å². The Labute approximate surface area is 244 Å². The molecule has 0 aliphatic heterocycles. The highest BCUT2D eigenvalue weighted by Gasteiger charge is 2.37. The normalized spacial score (nSPS) is 12.6. The fraction of sp³-hybridized carbons (Fsp3) is 0.500. The Balaban J connectivity index is 2.53. The molecule has 0 saturated carbocycles. The molecule has 2 rings (SSSR count). The van der Waals surface area contributed by atoms with E-state index in [-0.39, 0.29) is 6.54 Å². The number of benzene rings is 2. The number of hydrogen-bond acceptors (Lipinski definition) is 5. The molecule has 0 heterocycles. The Morgan fingerprint density at radius 3 is 2.15 bits per heavy atom. The van der Waals surface area contributed by atoms with Crippen molar-refractivity contribution in [1.29, 1.82) is 0 Å². The highest BCUT2D eigenvalue weighted by atomic mass is 16.6. The van der Waals surface area contributed by atoms with E-state index in [4.69, 9.17) is 10.5 Å². The molecule has 0 radical (unpaired) electrons. The summed E-state index contributed by atoms with van der Waals surface area (Å²) in [6.07, 6.45) is 3.33. The lowest BCUT2D eigenvalue weighted by Crippen LogP contribution is -2.53. The molecular formula is C32H46N4O5. The molecule has 0 aliphatic rings. The first-order valence-electron chi connectivity index (χ1n) is 14.3. The maximum atomic E-state index is 14.2. The van der Waals surface area contributed by atoms with Crippen LogP contribution in [0.4, 0.5) is 10.5 Å². The van der Waals surface area contributed by atoms with Crippen LogP contribution in [0.5, 0.6) is 0 Å². The third kappa shape index (κ3) is 11.3. The van der Waals surface area contributed by atoms with Crippen LogP contribution in [-0.4, -0.2) is 46.9 Å². The fourth-order valence-electron chi connectivity index (χ4n) is 4.44. The fourth-order valence-corrected chi connectivity index (χ4v) is 4.44. The monoisotopic (exact) mass is 566 g/mol. The molecule has 224 valence electrons. The van der Waals surface area contributed by atoms with Gasteiger partial charge in [0.2, 0.25) is 11.8 Å². The second kappa shape index (κ2) is 15.8. The number of para-hydroxylation sites is 1. The van der Waals surface area contributed by atoms with Gasteiger partial charge in [-0.1, -0.05) is 80.6 Å². The van der Waals surface area contributed by atoms with E-state index in [1.807, 2.05) is 56.3 Å². The van der Waals surface area contributed by atoms with Crippen LogP contribution in [0, 0.1) is 13.8 Å². The van der Waals surface area contributed by atoms with Crippen LogP contribution in [0.1, 0.15) is 89.0 Å². The van der Waals surface area contributed by atoms with Crippen LogP contribution >= 0.6 is 0 Å². The molecule has 0 saturated heterocycles. The zero-order valence-electron chi connectivity index (χ0n) is 25.3. The van der Waals surface area contributed by atoms with Crippen LogP contribution < -0.4 is 16.4 Å². The summed E-state index contributed by atoms with van der Waals surface area (Å²) >= 11 is 0. The summed E-state index contributed by atoms with van der Waals surface area (Å²) in [7, 11) is 0. The smallest absolute Gasteiger partial charge is 0.408 e. The predicted octanol–water partition coefficient (Wildman–Crippen LogP) is 5.55. The zero-order chi connectivity index (χ0) is 30.6. The lowest BCUT2D eigenvalue weighted by atomic mass is 10.00. The van der Waals surface area contributed by atoms with Gasteiger partial charge in [0.15, 0.2) is 0 Å². The number of carbonyl (C=O) groups excluding carboxylic acids is 4. The topological polar surface area (TPSA) is 131 Å². The largest absolute Gasteiger partial charge is 0.444 e. The van der Waals surface area contributed by atoms with Crippen molar-refractivity contribution in [3.8, 4) is 0 Å². The van der Waals surface area contributed by atoms with E-state index >= 15 is 0 Å². The van der Waals surface area contributed by atoms with Crippen molar-refractivity contribution in [2.24, 2.45) is 5.73 Å².